The summed E-state index contributed by atoms with van der Waals surface area (Å²) in [4.78, 5) is 34.2. The molecule has 1 atom stereocenters. The number of esters is 1. The number of hydrogen-bond donors (Lipinski definition) is 0. The van der Waals surface area contributed by atoms with Gasteiger partial charge in [-0.2, -0.15) is 0 Å². The van der Waals surface area contributed by atoms with Crippen LogP contribution in [0.15, 0.2) is 24.3 Å². The van der Waals surface area contributed by atoms with Gasteiger partial charge in [-0.15, -0.1) is 0 Å². The monoisotopic (exact) mass is 232 g/mol. The van der Waals surface area contributed by atoms with Gasteiger partial charge in [0.1, 0.15) is 17.5 Å². The molecule has 1 unspecified atom stereocenters. The Morgan fingerprint density at radius 3 is 2.76 bits per heavy atom. The highest BCUT2D eigenvalue weighted by Gasteiger charge is 2.33. The molecule has 0 saturated carbocycles. The lowest BCUT2D eigenvalue weighted by molar-refractivity contribution is -0.145. The Bertz CT molecular complexity index is 490. The lowest BCUT2D eigenvalue weighted by Crippen LogP contribution is -2.34. The van der Waals surface area contributed by atoms with Gasteiger partial charge in [0.15, 0.2) is 5.78 Å². The first-order chi connectivity index (χ1) is 8.08. The summed E-state index contributed by atoms with van der Waals surface area (Å²) in [5.41, 5.74) is 0.828. The Kier molecular flexibility index (Phi) is 3.04. The number of hydrogen-bond acceptors (Lipinski definition) is 4. The van der Waals surface area contributed by atoms with Crippen molar-refractivity contribution in [2.45, 2.75) is 19.8 Å². The van der Waals surface area contributed by atoms with E-state index in [1.165, 1.54) is 6.92 Å². The first-order valence-corrected chi connectivity index (χ1v) is 5.39. The highest BCUT2D eigenvalue weighted by molar-refractivity contribution is 6.08. The molecule has 17 heavy (non-hydrogen) atoms. The van der Waals surface area contributed by atoms with Crippen molar-refractivity contribution in [3.05, 3.63) is 29.8 Å². The quantitative estimate of drug-likeness (QED) is 0.448. The number of ketones is 2. The van der Waals surface area contributed by atoms with E-state index < -0.39 is 11.9 Å². The van der Waals surface area contributed by atoms with Crippen LogP contribution in [0.5, 0.6) is 5.75 Å². The molecule has 0 spiro atoms. The maximum absolute atomic E-state index is 11.7. The Balaban J connectivity index is 2.20. The van der Waals surface area contributed by atoms with Crippen molar-refractivity contribution in [1.82, 2.24) is 0 Å². The normalized spacial score (nSPS) is 18.2. The van der Waals surface area contributed by atoms with Gasteiger partial charge in [0.05, 0.1) is 6.42 Å². The number of carbonyl (C=O) groups excluding carboxylic acids is 3. The summed E-state index contributed by atoms with van der Waals surface area (Å²) >= 11 is 0. The zero-order valence-corrected chi connectivity index (χ0v) is 9.43. The summed E-state index contributed by atoms with van der Waals surface area (Å²) in [6.45, 7) is 1.33. The number of rotatable bonds is 3. The van der Waals surface area contributed by atoms with Gasteiger partial charge in [0, 0.05) is 0 Å². The number of para-hydroxylation sites is 1. The lowest BCUT2D eigenvalue weighted by Gasteiger charge is -2.21. The van der Waals surface area contributed by atoms with Gasteiger partial charge in [0.25, 0.3) is 0 Å². The predicted octanol–water partition coefficient (Wildman–Crippen LogP) is 1.31. The summed E-state index contributed by atoms with van der Waals surface area (Å²) in [5, 5.41) is 0. The van der Waals surface area contributed by atoms with E-state index in [4.69, 9.17) is 4.74 Å². The molecule has 88 valence electrons. The van der Waals surface area contributed by atoms with Crippen molar-refractivity contribution in [3.63, 3.8) is 0 Å². The maximum atomic E-state index is 11.7. The van der Waals surface area contributed by atoms with E-state index in [-0.39, 0.29) is 18.0 Å². The molecule has 0 saturated heterocycles. The first kappa shape index (κ1) is 11.5. The number of benzene rings is 1. The summed E-state index contributed by atoms with van der Waals surface area (Å²) < 4.78 is 5.08. The van der Waals surface area contributed by atoms with Crippen LogP contribution in [-0.2, 0) is 20.8 Å². The van der Waals surface area contributed by atoms with Gasteiger partial charge < -0.3 is 4.74 Å². The van der Waals surface area contributed by atoms with Crippen molar-refractivity contribution in [1.29, 1.82) is 0 Å². The molecular formula is C13H12O4. The summed E-state index contributed by atoms with van der Waals surface area (Å²) in [5.74, 6) is -1.49. The Hall–Kier alpha value is -1.97. The third-order valence-electron chi connectivity index (χ3n) is 2.70. The number of fused-ring (bicyclic) bond motifs is 1. The Morgan fingerprint density at radius 1 is 1.35 bits per heavy atom. The van der Waals surface area contributed by atoms with Crippen LogP contribution in [-0.4, -0.2) is 17.5 Å². The summed E-state index contributed by atoms with van der Waals surface area (Å²) in [6.07, 6.45) is 0.114. The standard InChI is InChI=1S/C13H12O4/c1-8(14)6-11(15)10-7-9-4-2-3-5-12(9)17-13(10)16/h2-5,10H,6-7H2,1H3. The van der Waals surface area contributed by atoms with Crippen LogP contribution < -0.4 is 4.74 Å². The van der Waals surface area contributed by atoms with Crippen molar-refractivity contribution in [2.75, 3.05) is 0 Å². The van der Waals surface area contributed by atoms with E-state index in [1.807, 2.05) is 12.1 Å². The molecule has 1 aliphatic heterocycles. The highest BCUT2D eigenvalue weighted by atomic mass is 16.5. The second-order valence-corrected chi connectivity index (χ2v) is 4.13. The lowest BCUT2D eigenvalue weighted by atomic mass is 9.90. The molecule has 0 aliphatic carbocycles. The molecule has 0 N–H and O–H groups in total. The average molecular weight is 232 g/mol. The first-order valence-electron chi connectivity index (χ1n) is 5.39. The van der Waals surface area contributed by atoms with E-state index >= 15 is 0 Å². The van der Waals surface area contributed by atoms with Crippen LogP contribution in [0.2, 0.25) is 0 Å². The molecule has 1 aromatic rings. The van der Waals surface area contributed by atoms with Crippen molar-refractivity contribution in [3.8, 4) is 5.75 Å². The number of carbonyl (C=O) groups is 3. The molecule has 1 aromatic carbocycles. The minimum Gasteiger partial charge on any atom is -0.426 e. The second-order valence-electron chi connectivity index (χ2n) is 4.13. The van der Waals surface area contributed by atoms with Gasteiger partial charge in [0.2, 0.25) is 0 Å². The average Bonchev–Trinajstić information content (AvgIpc) is 2.27. The van der Waals surface area contributed by atoms with Crippen LogP contribution in [0.4, 0.5) is 0 Å². The maximum Gasteiger partial charge on any atom is 0.322 e. The molecule has 0 aromatic heterocycles. The molecule has 0 radical (unpaired) electrons. The molecule has 0 amide bonds. The van der Waals surface area contributed by atoms with E-state index in [0.717, 1.165) is 5.56 Å². The number of Topliss-reactive ketones (excluding diaryl/α,β-unsaturated/α-hetero) is 2. The minimum absolute atomic E-state index is 0.206. The number of ether oxygens (including phenoxy) is 1. The van der Waals surface area contributed by atoms with Gasteiger partial charge in [-0.1, -0.05) is 18.2 Å². The predicted molar refractivity (Wildman–Crippen MR) is 59.6 cm³/mol. The van der Waals surface area contributed by atoms with E-state index in [1.54, 1.807) is 12.1 Å². The van der Waals surface area contributed by atoms with E-state index in [0.29, 0.717) is 12.2 Å². The van der Waals surface area contributed by atoms with Crippen LogP contribution in [0.25, 0.3) is 0 Å². The van der Waals surface area contributed by atoms with Crippen LogP contribution in [0.1, 0.15) is 18.9 Å². The third kappa shape index (κ3) is 2.41. The fourth-order valence-electron chi connectivity index (χ4n) is 1.87. The Morgan fingerprint density at radius 2 is 2.06 bits per heavy atom. The van der Waals surface area contributed by atoms with Gasteiger partial charge in [-0.25, -0.2) is 0 Å². The largest absolute Gasteiger partial charge is 0.426 e. The molecule has 1 aliphatic rings. The SMILES string of the molecule is CC(=O)CC(=O)C1Cc2ccccc2OC1=O. The van der Waals surface area contributed by atoms with Crippen molar-refractivity contribution < 1.29 is 19.1 Å². The van der Waals surface area contributed by atoms with Gasteiger partial charge >= 0.3 is 5.97 Å². The second kappa shape index (κ2) is 4.49. The fourth-order valence-corrected chi connectivity index (χ4v) is 1.87. The topological polar surface area (TPSA) is 60.4 Å². The summed E-state index contributed by atoms with van der Waals surface area (Å²) in [6, 6.07) is 7.10. The fraction of sp³-hybridized carbons (Fsp3) is 0.308. The van der Waals surface area contributed by atoms with Crippen LogP contribution in [0, 0.1) is 5.92 Å². The zero-order chi connectivity index (χ0) is 12.4. The van der Waals surface area contributed by atoms with Crippen molar-refractivity contribution >= 4 is 17.5 Å². The molecule has 0 fully saturated rings. The summed E-state index contributed by atoms with van der Waals surface area (Å²) in [7, 11) is 0. The smallest absolute Gasteiger partial charge is 0.322 e. The van der Waals surface area contributed by atoms with Crippen molar-refractivity contribution in [2.24, 2.45) is 5.92 Å². The van der Waals surface area contributed by atoms with Crippen LogP contribution in [0.3, 0.4) is 0 Å². The van der Waals surface area contributed by atoms with Gasteiger partial charge in [-0.3, -0.25) is 14.4 Å². The minimum atomic E-state index is -0.839. The molecule has 2 rings (SSSR count). The van der Waals surface area contributed by atoms with E-state index in [9.17, 15) is 14.4 Å². The van der Waals surface area contributed by atoms with E-state index in [2.05, 4.69) is 0 Å². The van der Waals surface area contributed by atoms with Crippen LogP contribution >= 0.6 is 0 Å². The highest BCUT2D eigenvalue weighted by Crippen LogP contribution is 2.28. The molecule has 0 bridgehead atoms. The van der Waals surface area contributed by atoms with Gasteiger partial charge in [-0.05, 0) is 25.0 Å². The Labute approximate surface area is 98.6 Å². The molecule has 1 heterocycles. The molecular weight excluding hydrogens is 220 g/mol. The zero-order valence-electron chi connectivity index (χ0n) is 9.43. The third-order valence-corrected chi connectivity index (χ3v) is 2.70. The molecule has 4 nitrogen and oxygen atoms in total. The molecule has 4 heteroatoms.